The highest BCUT2D eigenvalue weighted by molar-refractivity contribution is 5.69. The molecule has 4 nitrogen and oxygen atoms in total. The molecule has 0 radical (unpaired) electrons. The molecule has 0 spiro atoms. The monoisotopic (exact) mass is 292 g/mol. The van der Waals surface area contributed by atoms with E-state index in [-0.39, 0.29) is 12.6 Å². The van der Waals surface area contributed by atoms with E-state index < -0.39 is 5.97 Å². The summed E-state index contributed by atoms with van der Waals surface area (Å²) in [5.41, 5.74) is 4.97. The zero-order valence-electron chi connectivity index (χ0n) is 14.1. The lowest BCUT2D eigenvalue weighted by Crippen LogP contribution is -2.37. The van der Waals surface area contributed by atoms with Crippen LogP contribution in [-0.2, 0) is 4.79 Å². The van der Waals surface area contributed by atoms with Crippen molar-refractivity contribution < 1.29 is 9.90 Å². The highest BCUT2D eigenvalue weighted by atomic mass is 16.4. The highest BCUT2D eigenvalue weighted by Crippen LogP contribution is 2.27. The molecule has 0 aliphatic rings. The minimum Gasteiger partial charge on any atom is -0.480 e. The lowest BCUT2D eigenvalue weighted by atomic mass is 9.94. The van der Waals surface area contributed by atoms with Gasteiger partial charge in [-0.25, -0.2) is 0 Å². The summed E-state index contributed by atoms with van der Waals surface area (Å²) in [7, 11) is 4.01. The Kier molecular flexibility index (Phi) is 6.37. The van der Waals surface area contributed by atoms with Gasteiger partial charge in [-0.3, -0.25) is 9.69 Å². The van der Waals surface area contributed by atoms with Gasteiger partial charge in [0.15, 0.2) is 0 Å². The first-order valence-corrected chi connectivity index (χ1v) is 7.40. The molecule has 0 saturated heterocycles. The summed E-state index contributed by atoms with van der Waals surface area (Å²) >= 11 is 0. The lowest BCUT2D eigenvalue weighted by molar-refractivity contribution is -0.138. The van der Waals surface area contributed by atoms with E-state index in [0.717, 1.165) is 13.1 Å². The number of carboxylic acid groups (broad SMARTS) is 1. The van der Waals surface area contributed by atoms with Gasteiger partial charge >= 0.3 is 5.97 Å². The molecule has 0 aliphatic heterocycles. The molecule has 0 bridgehead atoms. The number of carbonyl (C=O) groups is 1. The van der Waals surface area contributed by atoms with Gasteiger partial charge in [-0.05, 0) is 58.5 Å². The van der Waals surface area contributed by atoms with E-state index in [1.165, 1.54) is 22.3 Å². The Labute approximate surface area is 128 Å². The van der Waals surface area contributed by atoms with E-state index in [9.17, 15) is 9.90 Å². The van der Waals surface area contributed by atoms with Crippen LogP contribution in [0.3, 0.4) is 0 Å². The molecule has 0 fully saturated rings. The molecule has 118 valence electrons. The molecular weight excluding hydrogens is 264 g/mol. The first-order chi connectivity index (χ1) is 9.72. The minimum atomic E-state index is -0.775. The lowest BCUT2D eigenvalue weighted by Gasteiger charge is -2.31. The molecule has 1 aromatic carbocycles. The quantitative estimate of drug-likeness (QED) is 0.839. The molecule has 0 saturated carbocycles. The largest absolute Gasteiger partial charge is 0.480 e. The van der Waals surface area contributed by atoms with Crippen LogP contribution in [0.4, 0.5) is 0 Å². The molecule has 0 amide bonds. The van der Waals surface area contributed by atoms with Crippen LogP contribution in [0.5, 0.6) is 0 Å². The van der Waals surface area contributed by atoms with Gasteiger partial charge in [-0.2, -0.15) is 0 Å². The van der Waals surface area contributed by atoms with Gasteiger partial charge in [-0.1, -0.05) is 17.7 Å². The molecule has 0 aliphatic carbocycles. The first-order valence-electron chi connectivity index (χ1n) is 7.40. The second-order valence-electron chi connectivity index (χ2n) is 6.16. The normalized spacial score (nSPS) is 13.0. The number of hydrogen-bond acceptors (Lipinski definition) is 3. The summed E-state index contributed by atoms with van der Waals surface area (Å²) in [4.78, 5) is 15.3. The van der Waals surface area contributed by atoms with Crippen molar-refractivity contribution in [3.63, 3.8) is 0 Å². The van der Waals surface area contributed by atoms with E-state index in [0.29, 0.717) is 0 Å². The number of aliphatic carboxylic acids is 1. The van der Waals surface area contributed by atoms with Crippen molar-refractivity contribution in [3.8, 4) is 0 Å². The number of nitrogens with zero attached hydrogens (tertiary/aromatic N) is 2. The summed E-state index contributed by atoms with van der Waals surface area (Å²) in [6.07, 6.45) is 0. The number of aryl methyl sites for hydroxylation is 3. The summed E-state index contributed by atoms with van der Waals surface area (Å²) in [5.74, 6) is -0.775. The summed E-state index contributed by atoms with van der Waals surface area (Å²) < 4.78 is 0. The number of hydrogen-bond donors (Lipinski definition) is 1. The number of benzene rings is 1. The van der Waals surface area contributed by atoms with Crippen LogP contribution in [-0.4, -0.2) is 54.6 Å². The predicted molar refractivity (Wildman–Crippen MR) is 86.8 cm³/mol. The molecule has 1 aromatic rings. The van der Waals surface area contributed by atoms with Gasteiger partial charge in [0, 0.05) is 19.1 Å². The van der Waals surface area contributed by atoms with Crippen LogP contribution in [0.15, 0.2) is 12.1 Å². The van der Waals surface area contributed by atoms with Gasteiger partial charge in [0.05, 0.1) is 6.54 Å². The standard InChI is InChI=1S/C17H28N2O2/c1-12-9-13(2)17(14(3)10-12)15(4)19(11-16(20)21)8-7-18(5)6/h9-10,15H,7-8,11H2,1-6H3,(H,20,21). The van der Waals surface area contributed by atoms with Crippen molar-refractivity contribution in [2.24, 2.45) is 0 Å². The van der Waals surface area contributed by atoms with Gasteiger partial charge in [0.25, 0.3) is 0 Å². The van der Waals surface area contributed by atoms with Crippen molar-refractivity contribution in [3.05, 3.63) is 34.4 Å². The Morgan fingerprint density at radius 2 is 1.67 bits per heavy atom. The van der Waals surface area contributed by atoms with Crippen LogP contribution in [0.25, 0.3) is 0 Å². The first kappa shape index (κ1) is 17.7. The Morgan fingerprint density at radius 1 is 1.14 bits per heavy atom. The molecule has 1 N–H and O–H groups in total. The van der Waals surface area contributed by atoms with E-state index in [4.69, 9.17) is 0 Å². The Bertz CT molecular complexity index is 475. The predicted octanol–water partition coefficient (Wildman–Crippen LogP) is 2.62. The average Bonchev–Trinajstić information content (AvgIpc) is 2.32. The molecule has 21 heavy (non-hydrogen) atoms. The van der Waals surface area contributed by atoms with Gasteiger partial charge < -0.3 is 10.0 Å². The summed E-state index contributed by atoms with van der Waals surface area (Å²) in [6.45, 7) is 10.1. The maximum Gasteiger partial charge on any atom is 0.317 e. The topological polar surface area (TPSA) is 43.8 Å². The molecule has 1 atom stereocenters. The minimum absolute atomic E-state index is 0.0712. The molecule has 4 heteroatoms. The maximum atomic E-state index is 11.2. The van der Waals surface area contributed by atoms with Crippen LogP contribution in [0.2, 0.25) is 0 Å². The Morgan fingerprint density at radius 3 is 2.10 bits per heavy atom. The van der Waals surface area contributed by atoms with Gasteiger partial charge in [0.1, 0.15) is 0 Å². The third-order valence-electron chi connectivity index (χ3n) is 3.88. The zero-order valence-corrected chi connectivity index (χ0v) is 14.1. The van der Waals surface area contributed by atoms with Crippen LogP contribution < -0.4 is 0 Å². The third-order valence-corrected chi connectivity index (χ3v) is 3.88. The van der Waals surface area contributed by atoms with E-state index in [1.54, 1.807) is 0 Å². The molecule has 0 aromatic heterocycles. The van der Waals surface area contributed by atoms with Crippen molar-refractivity contribution in [2.75, 3.05) is 33.7 Å². The van der Waals surface area contributed by atoms with Gasteiger partial charge in [0.2, 0.25) is 0 Å². The smallest absolute Gasteiger partial charge is 0.317 e. The fourth-order valence-electron chi connectivity index (χ4n) is 2.94. The molecule has 1 unspecified atom stereocenters. The Hall–Kier alpha value is -1.39. The van der Waals surface area contributed by atoms with Crippen LogP contribution in [0.1, 0.15) is 35.2 Å². The number of carboxylic acids is 1. The fraction of sp³-hybridized carbons (Fsp3) is 0.588. The van der Waals surface area contributed by atoms with E-state index in [1.807, 2.05) is 19.0 Å². The van der Waals surface area contributed by atoms with Gasteiger partial charge in [-0.15, -0.1) is 0 Å². The Balaban J connectivity index is 3.04. The fourth-order valence-corrected chi connectivity index (χ4v) is 2.94. The number of rotatable bonds is 7. The van der Waals surface area contributed by atoms with Crippen LogP contribution >= 0.6 is 0 Å². The van der Waals surface area contributed by atoms with Crippen molar-refractivity contribution >= 4 is 5.97 Å². The zero-order chi connectivity index (χ0) is 16.2. The molecule has 1 rings (SSSR count). The van der Waals surface area contributed by atoms with Crippen molar-refractivity contribution in [1.29, 1.82) is 0 Å². The second kappa shape index (κ2) is 7.57. The molecule has 0 heterocycles. The summed E-state index contributed by atoms with van der Waals surface area (Å²) in [5, 5.41) is 9.17. The second-order valence-corrected chi connectivity index (χ2v) is 6.16. The van der Waals surface area contributed by atoms with Crippen molar-refractivity contribution in [1.82, 2.24) is 9.80 Å². The highest BCUT2D eigenvalue weighted by Gasteiger charge is 2.21. The van der Waals surface area contributed by atoms with Crippen LogP contribution in [0, 0.1) is 20.8 Å². The summed E-state index contributed by atoms with van der Waals surface area (Å²) in [6, 6.07) is 4.44. The average molecular weight is 292 g/mol. The van der Waals surface area contributed by atoms with E-state index in [2.05, 4.69) is 44.7 Å². The van der Waals surface area contributed by atoms with E-state index >= 15 is 0 Å². The number of likely N-dealkylation sites (N-methyl/N-ethyl adjacent to an activating group) is 1. The molecular formula is C17H28N2O2. The SMILES string of the molecule is Cc1cc(C)c(C(C)N(CCN(C)C)CC(=O)O)c(C)c1. The maximum absolute atomic E-state index is 11.2. The third kappa shape index (κ3) is 5.14. The van der Waals surface area contributed by atoms with Crippen molar-refractivity contribution in [2.45, 2.75) is 33.7 Å².